The van der Waals surface area contributed by atoms with E-state index >= 15 is 0 Å². The lowest BCUT2D eigenvalue weighted by atomic mass is 9.91. The largest absolute Gasteiger partial charge is 0.340 e. The predicted molar refractivity (Wildman–Crippen MR) is 79.8 cm³/mol. The second-order valence-electron chi connectivity index (χ2n) is 5.61. The van der Waals surface area contributed by atoms with Gasteiger partial charge < -0.3 is 10.2 Å². The van der Waals surface area contributed by atoms with Gasteiger partial charge in [-0.3, -0.25) is 9.59 Å². The number of carbonyl (C=O) groups excluding carboxylic acids is 2. The molecule has 0 spiro atoms. The topological polar surface area (TPSA) is 49.4 Å². The lowest BCUT2D eigenvalue weighted by molar-refractivity contribution is -0.136. The molecule has 1 aromatic carbocycles. The van der Waals surface area contributed by atoms with Crippen molar-refractivity contribution in [3.8, 4) is 0 Å². The summed E-state index contributed by atoms with van der Waals surface area (Å²) in [6.07, 6.45) is 4.04. The summed E-state index contributed by atoms with van der Waals surface area (Å²) < 4.78 is 0. The fourth-order valence-corrected chi connectivity index (χ4v) is 3.19. The Morgan fingerprint density at radius 2 is 1.90 bits per heavy atom. The number of anilines is 1. The van der Waals surface area contributed by atoms with Gasteiger partial charge in [-0.25, -0.2) is 0 Å². The molecule has 1 N–H and O–H groups in total. The maximum absolute atomic E-state index is 12.7. The molecule has 0 radical (unpaired) electrons. The number of hydrogen-bond acceptors (Lipinski definition) is 3. The van der Waals surface area contributed by atoms with Crippen molar-refractivity contribution in [2.24, 2.45) is 5.92 Å². The first-order valence-electron chi connectivity index (χ1n) is 6.81. The van der Waals surface area contributed by atoms with Crippen LogP contribution in [0.15, 0.2) is 29.2 Å². The second-order valence-corrected chi connectivity index (χ2v) is 6.49. The Morgan fingerprint density at radius 1 is 1.25 bits per heavy atom. The molecule has 1 aromatic rings. The Labute approximate surface area is 122 Å². The number of thioether (sulfide) groups is 1. The Bertz CT molecular complexity index is 553. The van der Waals surface area contributed by atoms with Gasteiger partial charge in [0.25, 0.3) is 5.91 Å². The zero-order chi connectivity index (χ0) is 14.3. The number of piperazine rings is 1. The fourth-order valence-electron chi connectivity index (χ4n) is 2.79. The third-order valence-corrected chi connectivity index (χ3v) is 4.91. The summed E-state index contributed by atoms with van der Waals surface area (Å²) in [6, 6.07) is 7.79. The fraction of sp³-hybridized carbons (Fsp3) is 0.467. The molecule has 1 saturated heterocycles. The van der Waals surface area contributed by atoms with Gasteiger partial charge in [-0.2, -0.15) is 0 Å². The number of hydrogen-bond donors (Lipinski definition) is 1. The molecule has 0 bridgehead atoms. The summed E-state index contributed by atoms with van der Waals surface area (Å²) >= 11 is 1.66. The summed E-state index contributed by atoms with van der Waals surface area (Å²) in [6.45, 7) is 1.97. The number of nitrogens with one attached hydrogen (secondary N) is 1. The molecule has 0 aromatic heterocycles. The van der Waals surface area contributed by atoms with Gasteiger partial charge in [0.05, 0.1) is 0 Å². The van der Waals surface area contributed by atoms with E-state index in [4.69, 9.17) is 0 Å². The van der Waals surface area contributed by atoms with E-state index in [1.54, 1.807) is 16.7 Å². The van der Waals surface area contributed by atoms with Crippen molar-refractivity contribution in [3.63, 3.8) is 0 Å². The molecule has 1 aliphatic carbocycles. The van der Waals surface area contributed by atoms with Crippen molar-refractivity contribution in [3.05, 3.63) is 24.3 Å². The summed E-state index contributed by atoms with van der Waals surface area (Å²) in [5, 5.41) is 2.89. The Morgan fingerprint density at radius 3 is 2.45 bits per heavy atom. The quantitative estimate of drug-likeness (QED) is 0.867. The lowest BCUT2D eigenvalue weighted by Crippen LogP contribution is -2.66. The normalized spacial score (nSPS) is 26.6. The zero-order valence-corrected chi connectivity index (χ0v) is 12.5. The van der Waals surface area contributed by atoms with Gasteiger partial charge in [0.2, 0.25) is 5.91 Å². The van der Waals surface area contributed by atoms with Crippen LogP contribution in [0.2, 0.25) is 0 Å². The van der Waals surface area contributed by atoms with Gasteiger partial charge in [-0.15, -0.1) is 11.8 Å². The Balaban J connectivity index is 1.90. The maximum atomic E-state index is 12.7. The Hall–Kier alpha value is -1.49. The van der Waals surface area contributed by atoms with Crippen molar-refractivity contribution < 1.29 is 9.59 Å². The first-order valence-corrected chi connectivity index (χ1v) is 8.04. The van der Waals surface area contributed by atoms with Gasteiger partial charge in [0.1, 0.15) is 12.1 Å². The van der Waals surface area contributed by atoms with Crippen molar-refractivity contribution >= 4 is 29.3 Å². The number of rotatable bonds is 3. The molecule has 2 fully saturated rings. The lowest BCUT2D eigenvalue weighted by Gasteiger charge is -2.40. The van der Waals surface area contributed by atoms with Crippen LogP contribution in [0.4, 0.5) is 5.69 Å². The van der Waals surface area contributed by atoms with Gasteiger partial charge in [-0.05, 0) is 56.2 Å². The average Bonchev–Trinajstić information content (AvgIpc) is 3.28. The average molecular weight is 290 g/mol. The van der Waals surface area contributed by atoms with Crippen LogP contribution in [0, 0.1) is 5.92 Å². The molecule has 3 rings (SSSR count). The van der Waals surface area contributed by atoms with E-state index < -0.39 is 5.54 Å². The van der Waals surface area contributed by atoms with Crippen molar-refractivity contribution in [1.29, 1.82) is 0 Å². The molecule has 1 saturated carbocycles. The molecule has 1 heterocycles. The summed E-state index contributed by atoms with van der Waals surface area (Å²) in [4.78, 5) is 27.4. The van der Waals surface area contributed by atoms with Crippen LogP contribution in [-0.4, -0.2) is 30.2 Å². The summed E-state index contributed by atoms with van der Waals surface area (Å²) in [7, 11) is 0. The molecule has 1 unspecified atom stereocenters. The molecule has 1 aliphatic heterocycles. The van der Waals surface area contributed by atoms with Crippen LogP contribution in [0.1, 0.15) is 19.8 Å². The highest BCUT2D eigenvalue weighted by Crippen LogP contribution is 2.42. The molecule has 1 atom stereocenters. The van der Waals surface area contributed by atoms with Crippen molar-refractivity contribution in [2.45, 2.75) is 30.2 Å². The van der Waals surface area contributed by atoms with E-state index in [0.717, 1.165) is 23.4 Å². The van der Waals surface area contributed by atoms with Crippen LogP contribution in [0.25, 0.3) is 0 Å². The highest BCUT2D eigenvalue weighted by atomic mass is 32.2. The highest BCUT2D eigenvalue weighted by Gasteiger charge is 2.52. The van der Waals surface area contributed by atoms with E-state index in [0.29, 0.717) is 0 Å². The first-order chi connectivity index (χ1) is 9.54. The zero-order valence-electron chi connectivity index (χ0n) is 11.7. The highest BCUT2D eigenvalue weighted by molar-refractivity contribution is 7.98. The minimum atomic E-state index is -0.729. The summed E-state index contributed by atoms with van der Waals surface area (Å²) in [5.74, 6) is 0.219. The van der Waals surface area contributed by atoms with Gasteiger partial charge in [0, 0.05) is 10.6 Å². The SMILES string of the molecule is CSc1ccc(N2CC(=O)NC(C)(C3CC3)C2=O)cc1. The van der Waals surface area contributed by atoms with Gasteiger partial charge in [0.15, 0.2) is 0 Å². The van der Waals surface area contributed by atoms with Gasteiger partial charge in [-0.1, -0.05) is 0 Å². The molecular formula is C15H18N2O2S. The first kappa shape index (κ1) is 13.5. The van der Waals surface area contributed by atoms with Crippen LogP contribution >= 0.6 is 11.8 Å². The second kappa shape index (κ2) is 4.81. The van der Waals surface area contributed by atoms with Crippen molar-refractivity contribution in [2.75, 3.05) is 17.7 Å². The minimum absolute atomic E-state index is 0.0106. The molecule has 106 valence electrons. The smallest absolute Gasteiger partial charge is 0.253 e. The van der Waals surface area contributed by atoms with Crippen molar-refractivity contribution in [1.82, 2.24) is 5.32 Å². The van der Waals surface area contributed by atoms with E-state index in [1.807, 2.05) is 37.4 Å². The van der Waals surface area contributed by atoms with Crippen LogP contribution in [0.3, 0.4) is 0 Å². The van der Waals surface area contributed by atoms with Crippen LogP contribution in [0.5, 0.6) is 0 Å². The third kappa shape index (κ3) is 2.20. The number of benzene rings is 1. The molecule has 5 heteroatoms. The summed E-state index contributed by atoms with van der Waals surface area (Å²) in [5.41, 5.74) is 0.0718. The van der Waals surface area contributed by atoms with Crippen LogP contribution < -0.4 is 10.2 Å². The Kier molecular flexibility index (Phi) is 3.24. The number of amides is 2. The molecule has 2 amide bonds. The number of carbonyl (C=O) groups is 2. The predicted octanol–water partition coefficient (Wildman–Crippen LogP) is 2.04. The van der Waals surface area contributed by atoms with E-state index in [1.165, 1.54) is 0 Å². The number of nitrogens with zero attached hydrogens (tertiary/aromatic N) is 1. The minimum Gasteiger partial charge on any atom is -0.340 e. The molecule has 2 aliphatic rings. The van der Waals surface area contributed by atoms with E-state index in [2.05, 4.69) is 5.32 Å². The molecule has 4 nitrogen and oxygen atoms in total. The maximum Gasteiger partial charge on any atom is 0.253 e. The third-order valence-electron chi connectivity index (χ3n) is 4.17. The van der Waals surface area contributed by atoms with Crippen LogP contribution in [-0.2, 0) is 9.59 Å². The monoisotopic (exact) mass is 290 g/mol. The standard InChI is InChI=1S/C15H18N2O2S/c1-15(10-3-4-10)14(19)17(9-13(18)16-15)11-5-7-12(20-2)8-6-11/h5-8,10H,3-4,9H2,1-2H3,(H,16,18). The van der Waals surface area contributed by atoms with Gasteiger partial charge >= 0.3 is 0 Å². The molecule has 20 heavy (non-hydrogen) atoms. The van der Waals surface area contributed by atoms with E-state index in [-0.39, 0.29) is 24.3 Å². The van der Waals surface area contributed by atoms with E-state index in [9.17, 15) is 9.59 Å². The molecular weight excluding hydrogens is 272 g/mol.